The molecule has 1 N–H and O–H groups in total. The van der Waals surface area contributed by atoms with E-state index in [-0.39, 0.29) is 45.5 Å². The lowest BCUT2D eigenvalue weighted by molar-refractivity contribution is -0.179. The van der Waals surface area contributed by atoms with Crippen LogP contribution in [0.25, 0.3) is 4.85 Å². The summed E-state index contributed by atoms with van der Waals surface area (Å²) in [5.74, 6) is -0.623. The Morgan fingerprint density at radius 2 is 1.71 bits per heavy atom. The molecule has 0 aromatic heterocycles. The molecule has 3 saturated carbocycles. The highest BCUT2D eigenvalue weighted by Crippen LogP contribution is 2.74. The number of carbonyl (C=O) groups excluding carboxylic acids is 3. The van der Waals surface area contributed by atoms with E-state index in [9.17, 15) is 19.5 Å². The van der Waals surface area contributed by atoms with Crippen LogP contribution >= 0.6 is 0 Å². The lowest BCUT2D eigenvalue weighted by Crippen LogP contribution is -2.66. The van der Waals surface area contributed by atoms with Gasteiger partial charge in [-0.15, -0.1) is 0 Å². The molecule has 5 heteroatoms. The van der Waals surface area contributed by atoms with E-state index in [1.165, 1.54) is 0 Å². The van der Waals surface area contributed by atoms with Crippen molar-refractivity contribution in [1.29, 1.82) is 0 Å². The van der Waals surface area contributed by atoms with Gasteiger partial charge in [-0.2, -0.15) is 0 Å². The van der Waals surface area contributed by atoms with Gasteiger partial charge < -0.3 is 9.90 Å². The Hall–Kier alpha value is -2.06. The number of carbonyl (C=O) groups is 3. The number of aliphatic hydroxyl groups is 1. The quantitative estimate of drug-likeness (QED) is 0.423. The van der Waals surface area contributed by atoms with E-state index >= 15 is 0 Å². The molecule has 0 amide bonds. The summed E-state index contributed by atoms with van der Waals surface area (Å²) in [5.41, 5.74) is -2.45. The van der Waals surface area contributed by atoms with E-state index in [1.54, 1.807) is 13.0 Å². The Kier molecular flexibility index (Phi) is 5.96. The number of hydrogen-bond acceptors (Lipinski definition) is 4. The number of nitrogens with zero attached hydrogens (tertiary/aromatic N) is 1. The maximum Gasteiger partial charge on any atom is 0.229 e. The largest absolute Gasteiger partial charge is 0.383 e. The van der Waals surface area contributed by atoms with Gasteiger partial charge in [-0.25, -0.2) is 4.85 Å². The van der Waals surface area contributed by atoms with Gasteiger partial charge in [-0.1, -0.05) is 53.2 Å². The van der Waals surface area contributed by atoms with Crippen LogP contribution < -0.4 is 0 Å². The van der Waals surface area contributed by atoms with Gasteiger partial charge in [0.25, 0.3) is 0 Å². The molecule has 5 nitrogen and oxygen atoms in total. The minimum atomic E-state index is -1.64. The highest BCUT2D eigenvalue weighted by molar-refractivity contribution is 6.05. The van der Waals surface area contributed by atoms with E-state index in [4.69, 9.17) is 6.57 Å². The van der Waals surface area contributed by atoms with E-state index in [2.05, 4.69) is 39.5 Å². The van der Waals surface area contributed by atoms with Crippen LogP contribution in [0.4, 0.5) is 0 Å². The lowest BCUT2D eigenvalue weighted by atomic mass is 9.34. The average molecular weight is 520 g/mol. The number of rotatable bonds is 3. The van der Waals surface area contributed by atoms with Crippen LogP contribution in [0.1, 0.15) is 106 Å². The normalized spacial score (nSPS) is 47.4. The van der Waals surface area contributed by atoms with Crippen molar-refractivity contribution in [3.8, 4) is 0 Å². The second-order valence-electron chi connectivity index (χ2n) is 15.0. The molecule has 0 unspecified atom stereocenters. The third-order valence-corrected chi connectivity index (χ3v) is 12.6. The Labute approximate surface area is 228 Å². The number of fused-ring (bicyclic) bond motifs is 7. The molecule has 0 aromatic rings. The maximum absolute atomic E-state index is 14.4. The van der Waals surface area contributed by atoms with Crippen LogP contribution in [-0.2, 0) is 14.4 Å². The summed E-state index contributed by atoms with van der Waals surface area (Å²) >= 11 is 0. The molecule has 5 aliphatic rings. The first-order valence-corrected chi connectivity index (χ1v) is 14.7. The number of Topliss-reactive ketones (excluding diaryl/α,β-unsaturated/α-hetero) is 2. The van der Waals surface area contributed by atoms with Gasteiger partial charge in [0.1, 0.15) is 11.4 Å². The molecule has 206 valence electrons. The van der Waals surface area contributed by atoms with Gasteiger partial charge in [0.15, 0.2) is 11.6 Å². The topological polar surface area (TPSA) is 75.8 Å². The summed E-state index contributed by atoms with van der Waals surface area (Å²) in [6, 6.07) is 0. The van der Waals surface area contributed by atoms with Gasteiger partial charge in [0, 0.05) is 29.1 Å². The predicted molar refractivity (Wildman–Crippen MR) is 147 cm³/mol. The molecular formula is C33H45NO4. The monoisotopic (exact) mass is 519 g/mol. The van der Waals surface area contributed by atoms with Gasteiger partial charge in [-0.05, 0) is 86.5 Å². The van der Waals surface area contributed by atoms with Crippen molar-refractivity contribution < 1.29 is 19.5 Å². The highest BCUT2D eigenvalue weighted by atomic mass is 16.3. The maximum atomic E-state index is 14.4. The molecule has 0 aliphatic heterocycles. The van der Waals surface area contributed by atoms with Gasteiger partial charge in [0.05, 0.1) is 6.57 Å². The van der Waals surface area contributed by atoms with Crippen molar-refractivity contribution in [1.82, 2.24) is 0 Å². The minimum absolute atomic E-state index is 0.0273. The molecule has 0 saturated heterocycles. The van der Waals surface area contributed by atoms with Crippen molar-refractivity contribution in [2.45, 2.75) is 112 Å². The fourth-order valence-electron chi connectivity index (χ4n) is 10.2. The fraction of sp³-hybridized carbons (Fsp3) is 0.758. The molecule has 38 heavy (non-hydrogen) atoms. The van der Waals surface area contributed by atoms with E-state index < -0.39 is 22.2 Å². The average Bonchev–Trinajstić information content (AvgIpc) is 2.82. The third-order valence-electron chi connectivity index (χ3n) is 12.6. The molecule has 5 aliphatic carbocycles. The lowest BCUT2D eigenvalue weighted by Gasteiger charge is -2.69. The van der Waals surface area contributed by atoms with Gasteiger partial charge in [0.2, 0.25) is 5.70 Å². The summed E-state index contributed by atoms with van der Waals surface area (Å²) < 4.78 is 0. The Morgan fingerprint density at radius 1 is 1.05 bits per heavy atom. The van der Waals surface area contributed by atoms with Crippen LogP contribution in [-0.4, -0.2) is 28.1 Å². The molecule has 3 fully saturated rings. The molecule has 0 spiro atoms. The first kappa shape index (κ1) is 27.5. The third kappa shape index (κ3) is 3.28. The summed E-state index contributed by atoms with van der Waals surface area (Å²) in [7, 11) is 0. The molecule has 8 atom stereocenters. The Balaban J connectivity index is 1.69. The zero-order valence-electron chi connectivity index (χ0n) is 24.4. The van der Waals surface area contributed by atoms with E-state index in [1.807, 2.05) is 13.0 Å². The van der Waals surface area contributed by atoms with E-state index in [0.29, 0.717) is 18.6 Å². The van der Waals surface area contributed by atoms with Crippen LogP contribution in [0, 0.1) is 51.4 Å². The summed E-state index contributed by atoms with van der Waals surface area (Å²) in [6.07, 6.45) is 10.9. The van der Waals surface area contributed by atoms with Crippen LogP contribution in [0.3, 0.4) is 0 Å². The van der Waals surface area contributed by atoms with Crippen molar-refractivity contribution >= 4 is 17.3 Å². The van der Waals surface area contributed by atoms with Crippen molar-refractivity contribution in [3.63, 3.8) is 0 Å². The standard InChI is InChI=1S/C33H45NO4/c1-9-10-25(36)33-15-13-28(2,3)18-20(33)26-22(35)17-24-29(4)19-21(34-8)27(37)32(7,38)23(29)11-12-30(24,5)31(26,6)14-16-33/h17,19-20,23,26,38H,9-16,18H2,1-7H3/t20-,23+,26-,29-,30+,31+,32-,33-/m0/s1. The first-order chi connectivity index (χ1) is 17.5. The molecule has 0 aromatic carbocycles. The highest BCUT2D eigenvalue weighted by Gasteiger charge is 2.70. The predicted octanol–water partition coefficient (Wildman–Crippen LogP) is 6.65. The molecule has 5 rings (SSSR count). The molecular weight excluding hydrogens is 474 g/mol. The summed E-state index contributed by atoms with van der Waals surface area (Å²) in [4.78, 5) is 44.7. The second-order valence-corrected chi connectivity index (χ2v) is 15.0. The SMILES string of the molecule is [C-]#[N+]C1=C[C@]2(C)C3=CC(=O)[C@@H]4[C@@H]5CC(C)(C)CC[C@]5(C(=O)CCC)CC[C@@]4(C)[C@]3(C)CC[C@H]2[C@](C)(O)C1=O. The van der Waals surface area contributed by atoms with Crippen molar-refractivity contribution in [2.75, 3.05) is 0 Å². The van der Waals surface area contributed by atoms with Gasteiger partial charge >= 0.3 is 0 Å². The van der Waals surface area contributed by atoms with Crippen molar-refractivity contribution in [3.05, 3.63) is 34.8 Å². The van der Waals surface area contributed by atoms with Crippen LogP contribution in [0.15, 0.2) is 23.4 Å². The van der Waals surface area contributed by atoms with Gasteiger partial charge in [-0.3, -0.25) is 9.59 Å². The smallest absolute Gasteiger partial charge is 0.229 e. The Bertz CT molecular complexity index is 1220. The van der Waals surface area contributed by atoms with Crippen LogP contribution in [0.5, 0.6) is 0 Å². The number of allylic oxidation sites excluding steroid dienone is 3. The molecule has 0 heterocycles. The zero-order chi connectivity index (χ0) is 28.1. The van der Waals surface area contributed by atoms with Crippen molar-refractivity contribution in [2.24, 2.45) is 44.8 Å². The fourth-order valence-corrected chi connectivity index (χ4v) is 10.2. The van der Waals surface area contributed by atoms with E-state index in [0.717, 1.165) is 50.5 Å². The number of hydrogen-bond donors (Lipinski definition) is 1. The summed E-state index contributed by atoms with van der Waals surface area (Å²) in [6.45, 7) is 22.4. The summed E-state index contributed by atoms with van der Waals surface area (Å²) in [5, 5.41) is 11.4. The molecule has 0 radical (unpaired) electrons. The molecule has 0 bridgehead atoms. The second kappa shape index (κ2) is 8.23. The first-order valence-electron chi connectivity index (χ1n) is 14.7. The van der Waals surface area contributed by atoms with Crippen LogP contribution in [0.2, 0.25) is 0 Å². The zero-order valence-corrected chi connectivity index (χ0v) is 24.4. The Morgan fingerprint density at radius 3 is 2.34 bits per heavy atom. The number of ketones is 3. The minimum Gasteiger partial charge on any atom is -0.383 e.